The van der Waals surface area contributed by atoms with E-state index in [9.17, 15) is 5.11 Å². The number of aryl methyl sites for hydroxylation is 2. The van der Waals surface area contributed by atoms with E-state index in [2.05, 4.69) is 17.5 Å². The van der Waals surface area contributed by atoms with Gasteiger partial charge in [-0.3, -0.25) is 0 Å². The van der Waals surface area contributed by atoms with E-state index in [-0.39, 0.29) is 0 Å². The zero-order valence-electron chi connectivity index (χ0n) is 11.7. The van der Waals surface area contributed by atoms with Gasteiger partial charge >= 0.3 is 0 Å². The number of nitrogens with one attached hydrogen (secondary N) is 1. The third-order valence-electron chi connectivity index (χ3n) is 3.32. The first kappa shape index (κ1) is 14.1. The molecule has 0 aromatic heterocycles. The summed E-state index contributed by atoms with van der Waals surface area (Å²) < 4.78 is 0. The van der Waals surface area contributed by atoms with E-state index in [0.29, 0.717) is 12.1 Å². The molecule has 0 aliphatic rings. The van der Waals surface area contributed by atoms with Gasteiger partial charge in [0.05, 0.1) is 17.4 Å². The van der Waals surface area contributed by atoms with Gasteiger partial charge < -0.3 is 10.4 Å². The van der Waals surface area contributed by atoms with Crippen molar-refractivity contribution in [2.24, 2.45) is 0 Å². The Morgan fingerprint density at radius 1 is 1.20 bits per heavy atom. The average Bonchev–Trinajstić information content (AvgIpc) is 2.45. The fourth-order valence-corrected chi connectivity index (χ4v) is 2.25. The Balaban J connectivity index is 2.09. The van der Waals surface area contributed by atoms with Gasteiger partial charge in [0.1, 0.15) is 6.07 Å². The van der Waals surface area contributed by atoms with Gasteiger partial charge in [0, 0.05) is 6.54 Å². The summed E-state index contributed by atoms with van der Waals surface area (Å²) in [5.74, 6) is 0. The highest BCUT2D eigenvalue weighted by atomic mass is 16.3. The van der Waals surface area contributed by atoms with Crippen LogP contribution in [-0.4, -0.2) is 11.7 Å². The number of nitriles is 1. The minimum absolute atomic E-state index is 0.378. The average molecular weight is 266 g/mol. The van der Waals surface area contributed by atoms with Crippen molar-refractivity contribution in [3.8, 4) is 6.07 Å². The number of para-hydroxylation sites is 1. The number of aliphatic hydroxyl groups is 1. The van der Waals surface area contributed by atoms with Crippen LogP contribution in [0, 0.1) is 25.2 Å². The molecule has 0 radical (unpaired) electrons. The maximum atomic E-state index is 10.3. The molecule has 2 rings (SSSR count). The van der Waals surface area contributed by atoms with Gasteiger partial charge in [-0.25, -0.2) is 0 Å². The monoisotopic (exact) mass is 266 g/mol. The highest BCUT2D eigenvalue weighted by molar-refractivity contribution is 5.57. The molecule has 0 aliphatic heterocycles. The molecule has 0 heterocycles. The number of anilines is 1. The van der Waals surface area contributed by atoms with Gasteiger partial charge in [-0.15, -0.1) is 0 Å². The van der Waals surface area contributed by atoms with Crippen molar-refractivity contribution in [1.82, 2.24) is 0 Å². The van der Waals surface area contributed by atoms with Crippen LogP contribution in [0.15, 0.2) is 42.5 Å². The molecule has 3 heteroatoms. The number of hydrogen-bond donors (Lipinski definition) is 2. The van der Waals surface area contributed by atoms with E-state index >= 15 is 0 Å². The summed E-state index contributed by atoms with van der Waals surface area (Å²) >= 11 is 0. The molecule has 1 atom stereocenters. The highest BCUT2D eigenvalue weighted by Gasteiger charge is 2.11. The van der Waals surface area contributed by atoms with Crippen LogP contribution in [0.1, 0.15) is 28.4 Å². The van der Waals surface area contributed by atoms with Crippen LogP contribution in [0.25, 0.3) is 0 Å². The molecular formula is C17H18N2O. The van der Waals surface area contributed by atoms with E-state index in [0.717, 1.165) is 16.8 Å². The molecule has 0 saturated heterocycles. The number of nitrogens with zero attached hydrogens (tertiary/aromatic N) is 1. The second-order valence-corrected chi connectivity index (χ2v) is 4.91. The molecule has 0 spiro atoms. The van der Waals surface area contributed by atoms with E-state index in [1.54, 1.807) is 6.07 Å². The molecule has 3 nitrogen and oxygen atoms in total. The Morgan fingerprint density at radius 3 is 2.65 bits per heavy atom. The van der Waals surface area contributed by atoms with Crippen molar-refractivity contribution in [2.45, 2.75) is 20.0 Å². The highest BCUT2D eigenvalue weighted by Crippen LogP contribution is 2.20. The van der Waals surface area contributed by atoms with Crippen LogP contribution in [0.4, 0.5) is 5.69 Å². The molecule has 2 aromatic rings. The van der Waals surface area contributed by atoms with Gasteiger partial charge in [0.2, 0.25) is 0 Å². The molecule has 0 aliphatic carbocycles. The lowest BCUT2D eigenvalue weighted by molar-refractivity contribution is 0.191. The van der Waals surface area contributed by atoms with Crippen molar-refractivity contribution in [1.29, 1.82) is 5.26 Å². The molecule has 0 amide bonds. The molecule has 20 heavy (non-hydrogen) atoms. The van der Waals surface area contributed by atoms with Crippen molar-refractivity contribution in [2.75, 3.05) is 11.9 Å². The lowest BCUT2D eigenvalue weighted by atomic mass is 10.0. The number of hydrogen-bond acceptors (Lipinski definition) is 3. The van der Waals surface area contributed by atoms with Crippen LogP contribution in [0.2, 0.25) is 0 Å². The Morgan fingerprint density at radius 2 is 1.95 bits per heavy atom. The van der Waals surface area contributed by atoms with E-state index in [4.69, 9.17) is 5.26 Å². The van der Waals surface area contributed by atoms with E-state index in [1.807, 2.05) is 44.2 Å². The fraction of sp³-hybridized carbons (Fsp3) is 0.235. The summed E-state index contributed by atoms with van der Waals surface area (Å²) in [5, 5.41) is 22.4. The van der Waals surface area contributed by atoms with Crippen molar-refractivity contribution in [3.05, 3.63) is 64.7 Å². The SMILES string of the molecule is Cc1ccc(C(O)CNc2ccccc2C#N)c(C)c1. The van der Waals surface area contributed by atoms with Gasteiger partial charge in [0.15, 0.2) is 0 Å². The molecule has 0 bridgehead atoms. The van der Waals surface area contributed by atoms with Crippen LogP contribution >= 0.6 is 0 Å². The lowest BCUT2D eigenvalue weighted by Gasteiger charge is -2.16. The van der Waals surface area contributed by atoms with Crippen molar-refractivity contribution < 1.29 is 5.11 Å². The Labute approximate surface area is 119 Å². The molecule has 102 valence electrons. The molecule has 2 N–H and O–H groups in total. The third kappa shape index (κ3) is 3.17. The van der Waals surface area contributed by atoms with Crippen molar-refractivity contribution in [3.63, 3.8) is 0 Å². The lowest BCUT2D eigenvalue weighted by Crippen LogP contribution is -2.14. The first-order valence-electron chi connectivity index (χ1n) is 6.60. The molecule has 1 unspecified atom stereocenters. The minimum Gasteiger partial charge on any atom is -0.387 e. The van der Waals surface area contributed by atoms with Gasteiger partial charge in [-0.05, 0) is 37.1 Å². The van der Waals surface area contributed by atoms with Crippen LogP contribution in [-0.2, 0) is 0 Å². The summed E-state index contributed by atoms with van der Waals surface area (Å²) in [6.45, 7) is 4.40. The van der Waals surface area contributed by atoms with Gasteiger partial charge in [-0.1, -0.05) is 35.9 Å². The summed E-state index contributed by atoms with van der Waals surface area (Å²) in [6, 6.07) is 15.4. The Bertz CT molecular complexity index is 644. The Kier molecular flexibility index (Phi) is 4.39. The topological polar surface area (TPSA) is 56.0 Å². The van der Waals surface area contributed by atoms with E-state index < -0.39 is 6.10 Å². The van der Waals surface area contributed by atoms with E-state index in [1.165, 1.54) is 5.56 Å². The maximum absolute atomic E-state index is 10.3. The summed E-state index contributed by atoms with van der Waals surface area (Å²) in [5.41, 5.74) is 4.51. The number of aliphatic hydroxyl groups excluding tert-OH is 1. The first-order chi connectivity index (χ1) is 9.61. The predicted molar refractivity (Wildman–Crippen MR) is 80.5 cm³/mol. The molecule has 0 fully saturated rings. The quantitative estimate of drug-likeness (QED) is 0.892. The van der Waals surface area contributed by atoms with Crippen LogP contribution in [0.3, 0.4) is 0 Å². The minimum atomic E-state index is -0.595. The smallest absolute Gasteiger partial charge is 0.101 e. The van der Waals surface area contributed by atoms with Crippen molar-refractivity contribution >= 4 is 5.69 Å². The Hall–Kier alpha value is -2.31. The fourth-order valence-electron chi connectivity index (χ4n) is 2.25. The largest absolute Gasteiger partial charge is 0.387 e. The van der Waals surface area contributed by atoms with Gasteiger partial charge in [0.25, 0.3) is 0 Å². The normalized spacial score (nSPS) is 11.7. The van der Waals surface area contributed by atoms with Gasteiger partial charge in [-0.2, -0.15) is 5.26 Å². The second-order valence-electron chi connectivity index (χ2n) is 4.91. The summed E-state index contributed by atoms with van der Waals surface area (Å²) in [4.78, 5) is 0. The van der Waals surface area contributed by atoms with Crippen LogP contribution < -0.4 is 5.32 Å². The number of rotatable bonds is 4. The zero-order chi connectivity index (χ0) is 14.5. The first-order valence-corrected chi connectivity index (χ1v) is 6.60. The standard InChI is InChI=1S/C17H18N2O/c1-12-7-8-15(13(2)9-12)17(20)11-19-16-6-4-3-5-14(16)10-18/h3-9,17,19-20H,11H2,1-2H3. The maximum Gasteiger partial charge on any atom is 0.101 e. The second kappa shape index (κ2) is 6.23. The molecule has 2 aromatic carbocycles. The predicted octanol–water partition coefficient (Wildman–Crippen LogP) is 3.32. The third-order valence-corrected chi connectivity index (χ3v) is 3.32. The number of benzene rings is 2. The summed E-state index contributed by atoms with van der Waals surface area (Å²) in [6.07, 6.45) is -0.595. The molecule has 0 saturated carbocycles. The van der Waals surface area contributed by atoms with Crippen LogP contribution in [0.5, 0.6) is 0 Å². The molecular weight excluding hydrogens is 248 g/mol. The summed E-state index contributed by atoms with van der Waals surface area (Å²) in [7, 11) is 0. The zero-order valence-corrected chi connectivity index (χ0v) is 11.7.